The van der Waals surface area contributed by atoms with Crippen LogP contribution in [-0.2, 0) is 0 Å². The molecule has 0 aliphatic carbocycles. The fourth-order valence-electron chi connectivity index (χ4n) is 2.41. The Morgan fingerprint density at radius 2 is 1.70 bits per heavy atom. The molecule has 1 aliphatic rings. The van der Waals surface area contributed by atoms with Gasteiger partial charge >= 0.3 is 0 Å². The fourth-order valence-corrected chi connectivity index (χ4v) is 2.41. The number of nitrogens with zero attached hydrogens (tertiary/aromatic N) is 4. The predicted molar refractivity (Wildman–Crippen MR) is 77.3 cm³/mol. The summed E-state index contributed by atoms with van der Waals surface area (Å²) in [5.74, 6) is 1.02. The minimum atomic E-state index is -0.176. The maximum absolute atomic E-state index is 13.8. The van der Waals surface area contributed by atoms with Gasteiger partial charge in [0.15, 0.2) is 0 Å². The molecule has 0 saturated carbocycles. The molecule has 20 heavy (non-hydrogen) atoms. The number of hydrogen-bond donors (Lipinski definition) is 1. The Hall–Kier alpha value is -2.37. The van der Waals surface area contributed by atoms with Gasteiger partial charge in [0.1, 0.15) is 17.5 Å². The van der Waals surface area contributed by atoms with E-state index in [1.165, 1.54) is 12.3 Å². The van der Waals surface area contributed by atoms with Crippen molar-refractivity contribution in [3.8, 4) is 0 Å². The SMILES string of the molecule is Nc1cncc(N2CCN(c3ccccc3F)CC2)n1. The Morgan fingerprint density at radius 3 is 2.40 bits per heavy atom. The minimum absolute atomic E-state index is 0.176. The summed E-state index contributed by atoms with van der Waals surface area (Å²) >= 11 is 0. The quantitative estimate of drug-likeness (QED) is 0.899. The third-order valence-corrected chi connectivity index (χ3v) is 3.44. The van der Waals surface area contributed by atoms with Crippen LogP contribution in [0.1, 0.15) is 0 Å². The lowest BCUT2D eigenvalue weighted by atomic mass is 10.2. The first kappa shape index (κ1) is 12.7. The average molecular weight is 273 g/mol. The Bertz CT molecular complexity index is 596. The molecule has 0 atom stereocenters. The van der Waals surface area contributed by atoms with E-state index < -0.39 is 0 Å². The summed E-state index contributed by atoms with van der Waals surface area (Å²) < 4.78 is 13.8. The molecule has 1 saturated heterocycles. The standard InChI is InChI=1S/C14H16FN5/c15-11-3-1-2-4-12(11)19-5-7-20(8-6-19)14-10-17-9-13(16)18-14/h1-4,9-10H,5-8H2,(H2,16,18). The van der Waals surface area contributed by atoms with E-state index in [1.807, 2.05) is 17.0 Å². The summed E-state index contributed by atoms with van der Waals surface area (Å²) in [5, 5.41) is 0. The number of nitrogens with two attached hydrogens (primary N) is 1. The Balaban J connectivity index is 1.70. The summed E-state index contributed by atoms with van der Waals surface area (Å²) in [5.41, 5.74) is 6.30. The number of piperazine rings is 1. The van der Waals surface area contributed by atoms with Crippen LogP contribution in [0.4, 0.5) is 21.7 Å². The van der Waals surface area contributed by atoms with Gasteiger partial charge in [0.05, 0.1) is 18.1 Å². The van der Waals surface area contributed by atoms with Crippen molar-refractivity contribution in [2.24, 2.45) is 0 Å². The van der Waals surface area contributed by atoms with Gasteiger partial charge in [-0.05, 0) is 12.1 Å². The van der Waals surface area contributed by atoms with E-state index in [9.17, 15) is 4.39 Å². The van der Waals surface area contributed by atoms with Crippen LogP contribution in [0.15, 0.2) is 36.7 Å². The van der Waals surface area contributed by atoms with E-state index in [-0.39, 0.29) is 5.82 Å². The third-order valence-electron chi connectivity index (χ3n) is 3.44. The lowest BCUT2D eigenvalue weighted by Crippen LogP contribution is -2.47. The van der Waals surface area contributed by atoms with Gasteiger partial charge in [-0.15, -0.1) is 0 Å². The molecule has 1 aliphatic heterocycles. The van der Waals surface area contributed by atoms with Gasteiger partial charge in [0.25, 0.3) is 0 Å². The second-order valence-electron chi connectivity index (χ2n) is 4.73. The van der Waals surface area contributed by atoms with Gasteiger partial charge in [-0.25, -0.2) is 9.37 Å². The maximum atomic E-state index is 13.8. The summed E-state index contributed by atoms with van der Waals surface area (Å²) in [6.07, 6.45) is 3.23. The molecule has 3 rings (SSSR count). The zero-order valence-corrected chi connectivity index (χ0v) is 11.0. The van der Waals surface area contributed by atoms with Crippen LogP contribution in [0.25, 0.3) is 0 Å². The number of anilines is 3. The predicted octanol–water partition coefficient (Wildman–Crippen LogP) is 1.52. The first-order valence-corrected chi connectivity index (χ1v) is 6.56. The zero-order valence-electron chi connectivity index (χ0n) is 11.0. The summed E-state index contributed by atoms with van der Waals surface area (Å²) in [6, 6.07) is 6.86. The Morgan fingerprint density at radius 1 is 1.00 bits per heavy atom. The van der Waals surface area contributed by atoms with Gasteiger partial charge < -0.3 is 15.5 Å². The molecule has 104 valence electrons. The largest absolute Gasteiger partial charge is 0.382 e. The van der Waals surface area contributed by atoms with Crippen LogP contribution in [0.3, 0.4) is 0 Å². The molecular formula is C14H16FN5. The molecule has 5 nitrogen and oxygen atoms in total. The molecule has 0 bridgehead atoms. The molecule has 1 aromatic carbocycles. The van der Waals surface area contributed by atoms with Gasteiger partial charge in [-0.2, -0.15) is 0 Å². The fraction of sp³-hybridized carbons (Fsp3) is 0.286. The van der Waals surface area contributed by atoms with Gasteiger partial charge in [-0.3, -0.25) is 4.98 Å². The Kier molecular flexibility index (Phi) is 3.37. The number of rotatable bonds is 2. The average Bonchev–Trinajstić information content (AvgIpc) is 2.48. The highest BCUT2D eigenvalue weighted by molar-refractivity contribution is 5.50. The molecule has 0 amide bonds. The van der Waals surface area contributed by atoms with Crippen LogP contribution in [0, 0.1) is 5.82 Å². The van der Waals surface area contributed by atoms with Crippen molar-refractivity contribution >= 4 is 17.3 Å². The van der Waals surface area contributed by atoms with E-state index in [0.29, 0.717) is 11.5 Å². The van der Waals surface area contributed by atoms with Crippen molar-refractivity contribution in [1.82, 2.24) is 9.97 Å². The van der Waals surface area contributed by atoms with Crippen LogP contribution in [-0.4, -0.2) is 36.1 Å². The molecule has 2 heterocycles. The Labute approximate surface area is 116 Å². The van der Waals surface area contributed by atoms with E-state index in [0.717, 1.165) is 32.0 Å². The molecule has 2 aromatic rings. The lowest BCUT2D eigenvalue weighted by Gasteiger charge is -2.36. The van der Waals surface area contributed by atoms with E-state index in [4.69, 9.17) is 5.73 Å². The van der Waals surface area contributed by atoms with Gasteiger partial charge in [0.2, 0.25) is 0 Å². The van der Waals surface area contributed by atoms with E-state index in [1.54, 1.807) is 12.3 Å². The number of nitrogen functional groups attached to an aromatic ring is 1. The first-order valence-electron chi connectivity index (χ1n) is 6.56. The smallest absolute Gasteiger partial charge is 0.149 e. The number of para-hydroxylation sites is 1. The monoisotopic (exact) mass is 273 g/mol. The minimum Gasteiger partial charge on any atom is -0.382 e. The van der Waals surface area contributed by atoms with Crippen molar-refractivity contribution in [3.05, 3.63) is 42.5 Å². The van der Waals surface area contributed by atoms with Gasteiger partial charge in [0, 0.05) is 26.2 Å². The summed E-state index contributed by atoms with van der Waals surface area (Å²) in [4.78, 5) is 12.5. The van der Waals surface area contributed by atoms with Crippen LogP contribution in [0.5, 0.6) is 0 Å². The molecule has 2 N–H and O–H groups in total. The molecule has 1 fully saturated rings. The number of hydrogen-bond acceptors (Lipinski definition) is 5. The molecule has 0 spiro atoms. The van der Waals surface area contributed by atoms with Crippen molar-refractivity contribution in [1.29, 1.82) is 0 Å². The molecule has 1 aromatic heterocycles. The third kappa shape index (κ3) is 2.49. The summed E-state index contributed by atoms with van der Waals surface area (Å²) in [6.45, 7) is 3.04. The maximum Gasteiger partial charge on any atom is 0.149 e. The number of benzene rings is 1. The highest BCUT2D eigenvalue weighted by atomic mass is 19.1. The van der Waals surface area contributed by atoms with E-state index >= 15 is 0 Å². The topological polar surface area (TPSA) is 58.3 Å². The lowest BCUT2D eigenvalue weighted by molar-refractivity contribution is 0.596. The number of aromatic nitrogens is 2. The van der Waals surface area contributed by atoms with Gasteiger partial charge in [-0.1, -0.05) is 12.1 Å². The normalized spacial score (nSPS) is 15.4. The number of halogens is 1. The van der Waals surface area contributed by atoms with Crippen molar-refractivity contribution in [2.75, 3.05) is 41.7 Å². The van der Waals surface area contributed by atoms with Crippen molar-refractivity contribution in [2.45, 2.75) is 0 Å². The van der Waals surface area contributed by atoms with E-state index in [2.05, 4.69) is 14.9 Å². The van der Waals surface area contributed by atoms with Crippen molar-refractivity contribution < 1.29 is 4.39 Å². The first-order chi connectivity index (χ1) is 9.74. The van der Waals surface area contributed by atoms with Crippen molar-refractivity contribution in [3.63, 3.8) is 0 Å². The van der Waals surface area contributed by atoms with Crippen LogP contribution < -0.4 is 15.5 Å². The van der Waals surface area contributed by atoms with Crippen LogP contribution >= 0.6 is 0 Å². The molecule has 0 radical (unpaired) electrons. The highest BCUT2D eigenvalue weighted by Crippen LogP contribution is 2.21. The molecule has 0 unspecified atom stereocenters. The van der Waals surface area contributed by atoms with Crippen LogP contribution in [0.2, 0.25) is 0 Å². The molecular weight excluding hydrogens is 257 g/mol. The zero-order chi connectivity index (χ0) is 13.9. The molecule has 6 heteroatoms. The summed E-state index contributed by atoms with van der Waals surface area (Å²) in [7, 11) is 0. The highest BCUT2D eigenvalue weighted by Gasteiger charge is 2.20. The second-order valence-corrected chi connectivity index (χ2v) is 4.73. The second kappa shape index (κ2) is 5.32.